The largest absolute Gasteiger partial charge is 0.493 e. The van der Waals surface area contributed by atoms with Gasteiger partial charge in [-0.05, 0) is 43.7 Å². The van der Waals surface area contributed by atoms with Crippen LogP contribution in [-0.2, 0) is 14.8 Å². The van der Waals surface area contributed by atoms with E-state index in [-0.39, 0.29) is 0 Å². The molecule has 2 atom stereocenters. The van der Waals surface area contributed by atoms with Gasteiger partial charge in [0.25, 0.3) is 0 Å². The van der Waals surface area contributed by atoms with Gasteiger partial charge >= 0.3 is 0 Å². The molecule has 2 aromatic carbocycles. The summed E-state index contributed by atoms with van der Waals surface area (Å²) in [5.74, 6) is 1.63. The van der Waals surface area contributed by atoms with E-state index < -0.39 is 28.0 Å². The zero-order chi connectivity index (χ0) is 23.5. The number of ether oxygens (including phenoxy) is 4. The average molecular weight is 465 g/mol. The lowest BCUT2D eigenvalue weighted by atomic mass is 10.1. The molecule has 2 aromatic rings. The molecule has 0 radical (unpaired) electrons. The fraction of sp³-hybridized carbons (Fsp3) is 0.409. The smallest absolute Gasteiger partial charge is 0.244 e. The highest BCUT2D eigenvalue weighted by molar-refractivity contribution is 7.92. The minimum Gasteiger partial charge on any atom is -0.493 e. The van der Waals surface area contributed by atoms with Crippen molar-refractivity contribution < 1.29 is 32.2 Å². The normalized spacial score (nSPS) is 14.8. The van der Waals surface area contributed by atoms with Crippen LogP contribution in [0.4, 0.5) is 5.69 Å². The second kappa shape index (κ2) is 9.56. The summed E-state index contributed by atoms with van der Waals surface area (Å²) in [6.07, 6.45) is 1.06. The molecule has 0 spiro atoms. The molecular weight excluding hydrogens is 436 g/mol. The van der Waals surface area contributed by atoms with E-state index in [0.717, 1.165) is 16.1 Å². The van der Waals surface area contributed by atoms with Gasteiger partial charge in [-0.2, -0.15) is 0 Å². The predicted octanol–water partition coefficient (Wildman–Crippen LogP) is 2.51. The van der Waals surface area contributed by atoms with Crippen LogP contribution in [-0.4, -0.2) is 54.1 Å². The second-order valence-corrected chi connectivity index (χ2v) is 9.27. The first-order valence-electron chi connectivity index (χ1n) is 10.1. The highest BCUT2D eigenvalue weighted by atomic mass is 32.2. The van der Waals surface area contributed by atoms with Crippen molar-refractivity contribution in [2.45, 2.75) is 25.9 Å². The molecule has 0 saturated carbocycles. The Morgan fingerprint density at radius 2 is 1.66 bits per heavy atom. The number of carbonyl (C=O) groups excluding carboxylic acids is 1. The van der Waals surface area contributed by atoms with Gasteiger partial charge in [-0.25, -0.2) is 8.42 Å². The number of nitrogens with one attached hydrogen (secondary N) is 1. The highest BCUT2D eigenvalue weighted by Crippen LogP contribution is 2.35. The molecule has 0 saturated heterocycles. The monoisotopic (exact) mass is 464 g/mol. The number of fused-ring (bicyclic) bond motifs is 1. The summed E-state index contributed by atoms with van der Waals surface area (Å²) in [5, 5.41) is 2.87. The first kappa shape index (κ1) is 23.5. The molecule has 0 fully saturated rings. The van der Waals surface area contributed by atoms with Crippen LogP contribution >= 0.6 is 0 Å². The number of rotatable bonds is 8. The zero-order valence-corrected chi connectivity index (χ0v) is 19.6. The summed E-state index contributed by atoms with van der Waals surface area (Å²) in [6.45, 7) is 4.14. The number of benzene rings is 2. The predicted molar refractivity (Wildman–Crippen MR) is 120 cm³/mol. The molecule has 3 rings (SSSR count). The molecule has 174 valence electrons. The Morgan fingerprint density at radius 1 is 1.00 bits per heavy atom. The van der Waals surface area contributed by atoms with Gasteiger partial charge < -0.3 is 24.3 Å². The standard InChI is InChI=1S/C22H28N2O7S/c1-14(16-6-8-18(28-3)20(12-16)29-4)23-22(25)15(2)24(32(5,26)27)17-7-9-19-21(13-17)31-11-10-30-19/h6-9,12-15H,10-11H2,1-5H3,(H,23,25). The lowest BCUT2D eigenvalue weighted by molar-refractivity contribution is -0.122. The SMILES string of the molecule is COc1ccc(C(C)NC(=O)C(C)N(c2ccc3c(c2)OCCO3)S(C)(=O)=O)cc1OC. The molecule has 32 heavy (non-hydrogen) atoms. The van der Waals surface area contributed by atoms with E-state index >= 15 is 0 Å². The second-order valence-electron chi connectivity index (χ2n) is 7.41. The van der Waals surface area contributed by atoms with Crippen LogP contribution in [0.5, 0.6) is 23.0 Å². The van der Waals surface area contributed by atoms with E-state index in [4.69, 9.17) is 18.9 Å². The lowest BCUT2D eigenvalue weighted by Gasteiger charge is -2.30. The fourth-order valence-electron chi connectivity index (χ4n) is 3.52. The van der Waals surface area contributed by atoms with Crippen LogP contribution in [0.3, 0.4) is 0 Å². The molecule has 1 heterocycles. The Kier molecular flexibility index (Phi) is 7.02. The molecule has 0 bridgehead atoms. The van der Waals surface area contributed by atoms with Crippen molar-refractivity contribution >= 4 is 21.6 Å². The Morgan fingerprint density at radius 3 is 2.28 bits per heavy atom. The molecule has 2 unspecified atom stereocenters. The highest BCUT2D eigenvalue weighted by Gasteiger charge is 2.31. The van der Waals surface area contributed by atoms with Crippen molar-refractivity contribution in [1.82, 2.24) is 5.32 Å². The Balaban J connectivity index is 1.83. The van der Waals surface area contributed by atoms with E-state index in [9.17, 15) is 13.2 Å². The van der Waals surface area contributed by atoms with E-state index in [2.05, 4.69) is 5.32 Å². The minimum absolute atomic E-state index is 0.318. The number of carbonyl (C=O) groups is 1. The number of amides is 1. The van der Waals surface area contributed by atoms with Crippen molar-refractivity contribution in [3.05, 3.63) is 42.0 Å². The summed E-state index contributed by atoms with van der Waals surface area (Å²) < 4.78 is 47.9. The first-order chi connectivity index (χ1) is 15.2. The van der Waals surface area contributed by atoms with E-state index in [1.54, 1.807) is 44.4 Å². The summed E-state index contributed by atoms with van der Waals surface area (Å²) >= 11 is 0. The van der Waals surface area contributed by atoms with Crippen LogP contribution < -0.4 is 28.6 Å². The number of nitrogens with zero attached hydrogens (tertiary/aromatic N) is 1. The summed E-state index contributed by atoms with van der Waals surface area (Å²) in [6, 6.07) is 8.72. The van der Waals surface area contributed by atoms with Crippen LogP contribution in [0.2, 0.25) is 0 Å². The zero-order valence-electron chi connectivity index (χ0n) is 18.7. The van der Waals surface area contributed by atoms with Gasteiger partial charge in [0.2, 0.25) is 15.9 Å². The quantitative estimate of drug-likeness (QED) is 0.640. The molecular formula is C22H28N2O7S. The van der Waals surface area contributed by atoms with E-state index in [1.807, 2.05) is 6.07 Å². The molecule has 9 nitrogen and oxygen atoms in total. The third kappa shape index (κ3) is 5.01. The maximum atomic E-state index is 13.0. The Hall–Kier alpha value is -3.14. The number of methoxy groups -OCH3 is 2. The van der Waals surface area contributed by atoms with Gasteiger partial charge in [0, 0.05) is 6.07 Å². The lowest BCUT2D eigenvalue weighted by Crippen LogP contribution is -2.48. The van der Waals surface area contributed by atoms with Crippen LogP contribution in [0.1, 0.15) is 25.5 Å². The van der Waals surface area contributed by atoms with Crippen LogP contribution in [0, 0.1) is 0 Å². The molecule has 1 amide bonds. The van der Waals surface area contributed by atoms with Crippen molar-refractivity contribution in [3.63, 3.8) is 0 Å². The van der Waals surface area contributed by atoms with Gasteiger partial charge in [0.15, 0.2) is 23.0 Å². The summed E-state index contributed by atoms with van der Waals surface area (Å²) in [7, 11) is -0.694. The fourth-order valence-corrected chi connectivity index (χ4v) is 4.68. The van der Waals surface area contributed by atoms with Gasteiger partial charge in [-0.3, -0.25) is 9.10 Å². The maximum Gasteiger partial charge on any atom is 0.244 e. The Bertz CT molecular complexity index is 1090. The first-order valence-corrected chi connectivity index (χ1v) is 11.9. The molecule has 10 heteroatoms. The Labute approximate surface area is 188 Å². The van der Waals surface area contributed by atoms with Gasteiger partial charge in [-0.15, -0.1) is 0 Å². The molecule has 0 aliphatic carbocycles. The number of anilines is 1. The molecule has 1 aliphatic heterocycles. The molecule has 0 aromatic heterocycles. The summed E-state index contributed by atoms with van der Waals surface area (Å²) in [5.41, 5.74) is 1.10. The topological polar surface area (TPSA) is 103 Å². The van der Waals surface area contributed by atoms with Gasteiger partial charge in [0.1, 0.15) is 19.3 Å². The number of hydrogen-bond donors (Lipinski definition) is 1. The van der Waals surface area contributed by atoms with Crippen molar-refractivity contribution in [2.24, 2.45) is 0 Å². The van der Waals surface area contributed by atoms with Crippen LogP contribution in [0.15, 0.2) is 36.4 Å². The minimum atomic E-state index is -3.77. The molecule has 1 N–H and O–H groups in total. The van der Waals surface area contributed by atoms with E-state index in [1.165, 1.54) is 14.0 Å². The number of sulfonamides is 1. The maximum absolute atomic E-state index is 13.0. The number of hydrogen-bond acceptors (Lipinski definition) is 7. The van der Waals surface area contributed by atoms with E-state index in [0.29, 0.717) is 41.9 Å². The third-order valence-electron chi connectivity index (χ3n) is 5.14. The molecule has 1 aliphatic rings. The van der Waals surface area contributed by atoms with Gasteiger partial charge in [0.05, 0.1) is 32.2 Å². The van der Waals surface area contributed by atoms with Gasteiger partial charge in [-0.1, -0.05) is 6.07 Å². The van der Waals surface area contributed by atoms with Crippen molar-refractivity contribution in [3.8, 4) is 23.0 Å². The summed E-state index contributed by atoms with van der Waals surface area (Å²) in [4.78, 5) is 13.0. The van der Waals surface area contributed by atoms with Crippen molar-refractivity contribution in [2.75, 3.05) is 38.0 Å². The van der Waals surface area contributed by atoms with Crippen molar-refractivity contribution in [1.29, 1.82) is 0 Å². The average Bonchev–Trinajstić information content (AvgIpc) is 2.77. The third-order valence-corrected chi connectivity index (χ3v) is 6.38. The van der Waals surface area contributed by atoms with Crippen LogP contribution in [0.25, 0.3) is 0 Å².